The summed E-state index contributed by atoms with van der Waals surface area (Å²) in [6.45, 7) is 2.05. The lowest BCUT2D eigenvalue weighted by molar-refractivity contribution is 0.388. The van der Waals surface area contributed by atoms with Crippen LogP contribution in [0, 0.1) is 6.92 Å². The number of aromatic nitrogens is 2. The van der Waals surface area contributed by atoms with Crippen molar-refractivity contribution in [2.24, 2.45) is 0 Å². The first-order valence-electron chi connectivity index (χ1n) is 10.1. The molecule has 0 saturated heterocycles. The van der Waals surface area contributed by atoms with E-state index in [2.05, 4.69) is 40.3 Å². The van der Waals surface area contributed by atoms with Crippen LogP contribution in [0.5, 0.6) is 0 Å². The fourth-order valence-corrected chi connectivity index (χ4v) is 4.52. The lowest BCUT2D eigenvalue weighted by Crippen LogP contribution is -2.30. The van der Waals surface area contributed by atoms with E-state index in [0.29, 0.717) is 17.9 Å². The van der Waals surface area contributed by atoms with Crippen LogP contribution >= 0.6 is 0 Å². The Kier molecular flexibility index (Phi) is 5.29. The van der Waals surface area contributed by atoms with Crippen LogP contribution < -0.4 is 11.2 Å². The highest BCUT2D eigenvalue weighted by atomic mass is 16.2. The smallest absolute Gasteiger partial charge is 0.311 e. The molecule has 1 fully saturated rings. The van der Waals surface area contributed by atoms with Gasteiger partial charge in [0, 0.05) is 17.7 Å². The van der Waals surface area contributed by atoms with E-state index in [-0.39, 0.29) is 11.5 Å². The van der Waals surface area contributed by atoms with Crippen LogP contribution in [0.2, 0.25) is 0 Å². The average molecular weight is 374 g/mol. The lowest BCUT2D eigenvalue weighted by Gasteiger charge is -2.29. The fraction of sp³-hybridized carbons (Fsp3) is 0.333. The van der Waals surface area contributed by atoms with E-state index < -0.39 is 5.69 Å². The summed E-state index contributed by atoms with van der Waals surface area (Å²) in [6, 6.07) is 18.8. The molecule has 0 radical (unpaired) electrons. The summed E-state index contributed by atoms with van der Waals surface area (Å²) in [4.78, 5) is 30.0. The third-order valence-corrected chi connectivity index (χ3v) is 5.94. The number of aromatic amines is 2. The van der Waals surface area contributed by atoms with Gasteiger partial charge in [0.15, 0.2) is 0 Å². The van der Waals surface area contributed by atoms with Crippen molar-refractivity contribution in [1.29, 1.82) is 0 Å². The third kappa shape index (κ3) is 4.01. The van der Waals surface area contributed by atoms with Gasteiger partial charge in [0.25, 0.3) is 5.56 Å². The van der Waals surface area contributed by atoms with Crippen LogP contribution in [0.25, 0.3) is 0 Å². The molecule has 1 aromatic heterocycles. The Balaban J connectivity index is 1.59. The first-order valence-corrected chi connectivity index (χ1v) is 10.1. The summed E-state index contributed by atoms with van der Waals surface area (Å²) < 4.78 is 0. The van der Waals surface area contributed by atoms with Crippen LogP contribution in [0.15, 0.2) is 64.2 Å². The predicted molar refractivity (Wildman–Crippen MR) is 112 cm³/mol. The van der Waals surface area contributed by atoms with Crippen molar-refractivity contribution in [3.8, 4) is 0 Å². The van der Waals surface area contributed by atoms with Crippen LogP contribution in [-0.2, 0) is 6.42 Å². The van der Waals surface area contributed by atoms with Gasteiger partial charge in [0.2, 0.25) is 0 Å². The largest absolute Gasteiger partial charge is 0.325 e. The second-order valence-corrected chi connectivity index (χ2v) is 7.93. The zero-order valence-corrected chi connectivity index (χ0v) is 16.2. The molecule has 0 aliphatic heterocycles. The molecule has 4 heteroatoms. The molecule has 0 bridgehead atoms. The van der Waals surface area contributed by atoms with E-state index in [1.54, 1.807) is 0 Å². The molecule has 2 N–H and O–H groups in total. The summed E-state index contributed by atoms with van der Waals surface area (Å²) in [6.07, 6.45) is 4.67. The minimum absolute atomic E-state index is 0.231. The first-order chi connectivity index (χ1) is 13.6. The molecule has 0 atom stereocenters. The molecule has 1 saturated carbocycles. The number of benzene rings is 2. The zero-order chi connectivity index (χ0) is 19.5. The van der Waals surface area contributed by atoms with Crippen molar-refractivity contribution >= 4 is 0 Å². The molecule has 4 nitrogen and oxygen atoms in total. The van der Waals surface area contributed by atoms with Crippen molar-refractivity contribution < 1.29 is 0 Å². The minimum Gasteiger partial charge on any atom is -0.311 e. The summed E-state index contributed by atoms with van der Waals surface area (Å²) in [5.41, 5.74) is 4.53. The Hall–Kier alpha value is -2.88. The van der Waals surface area contributed by atoms with Gasteiger partial charge in [-0.2, -0.15) is 0 Å². The van der Waals surface area contributed by atoms with Crippen LogP contribution in [0.4, 0.5) is 0 Å². The fourth-order valence-electron chi connectivity index (χ4n) is 4.52. The van der Waals surface area contributed by atoms with E-state index in [1.165, 1.54) is 11.1 Å². The molecule has 0 amide bonds. The maximum Gasteiger partial charge on any atom is 0.325 e. The summed E-state index contributed by atoms with van der Waals surface area (Å²) >= 11 is 0. The molecule has 0 spiro atoms. The maximum absolute atomic E-state index is 12.6. The number of nitrogens with one attached hydrogen (secondary N) is 2. The van der Waals surface area contributed by atoms with Gasteiger partial charge in [-0.25, -0.2) is 4.79 Å². The van der Waals surface area contributed by atoms with Gasteiger partial charge in [0.05, 0.1) is 0 Å². The Morgan fingerprint density at radius 1 is 0.857 bits per heavy atom. The Bertz CT molecular complexity index is 1060. The van der Waals surface area contributed by atoms with Crippen molar-refractivity contribution in [2.75, 3.05) is 0 Å². The molecular formula is C24H26N2O2. The predicted octanol–water partition coefficient (Wildman–Crippen LogP) is 4.40. The molecule has 3 aromatic rings. The van der Waals surface area contributed by atoms with Crippen molar-refractivity contribution in [3.05, 3.63) is 103 Å². The standard InChI is InChI=1S/C24H26N2O2/c1-16-6-5-7-17(14-16)15-21-22(25-24(28)26-23(21)27)20-12-10-19(11-13-20)18-8-3-2-4-9-18/h2-9,14,19-20H,10-13,15H2,1H3,(H2,25,26,27,28). The SMILES string of the molecule is Cc1cccc(Cc2c(C3CCC(c4ccccc4)CC3)[nH]c(=O)[nH]c2=O)c1. The first kappa shape index (κ1) is 18.5. The lowest BCUT2D eigenvalue weighted by atomic mass is 9.76. The zero-order valence-electron chi connectivity index (χ0n) is 16.2. The molecule has 1 heterocycles. The molecule has 0 unspecified atom stereocenters. The molecule has 28 heavy (non-hydrogen) atoms. The number of hydrogen-bond acceptors (Lipinski definition) is 2. The van der Waals surface area contributed by atoms with Gasteiger partial charge >= 0.3 is 5.69 Å². The van der Waals surface area contributed by atoms with Crippen molar-refractivity contribution in [3.63, 3.8) is 0 Å². The van der Waals surface area contributed by atoms with Gasteiger partial charge < -0.3 is 4.98 Å². The van der Waals surface area contributed by atoms with Crippen LogP contribution in [0.1, 0.15) is 65.5 Å². The molecule has 4 rings (SSSR count). The van der Waals surface area contributed by atoms with E-state index in [1.807, 2.05) is 31.2 Å². The highest BCUT2D eigenvalue weighted by molar-refractivity contribution is 5.32. The monoisotopic (exact) mass is 374 g/mol. The van der Waals surface area contributed by atoms with E-state index in [0.717, 1.165) is 36.9 Å². The molecular weight excluding hydrogens is 348 g/mol. The van der Waals surface area contributed by atoms with Gasteiger partial charge in [-0.05, 0) is 55.6 Å². The van der Waals surface area contributed by atoms with E-state index >= 15 is 0 Å². The van der Waals surface area contributed by atoms with Crippen LogP contribution in [0.3, 0.4) is 0 Å². The van der Waals surface area contributed by atoms with Gasteiger partial charge in [0.1, 0.15) is 0 Å². The molecule has 2 aromatic carbocycles. The Morgan fingerprint density at radius 2 is 1.57 bits per heavy atom. The molecule has 144 valence electrons. The normalized spacial score (nSPS) is 19.5. The van der Waals surface area contributed by atoms with Gasteiger partial charge in [-0.15, -0.1) is 0 Å². The highest BCUT2D eigenvalue weighted by Gasteiger charge is 2.26. The van der Waals surface area contributed by atoms with E-state index in [4.69, 9.17) is 0 Å². The Labute approximate surface area is 164 Å². The quantitative estimate of drug-likeness (QED) is 0.711. The van der Waals surface area contributed by atoms with Crippen molar-refractivity contribution in [1.82, 2.24) is 9.97 Å². The van der Waals surface area contributed by atoms with Gasteiger partial charge in [-0.3, -0.25) is 9.78 Å². The Morgan fingerprint density at radius 3 is 2.29 bits per heavy atom. The minimum atomic E-state index is -0.404. The van der Waals surface area contributed by atoms with Gasteiger partial charge in [-0.1, -0.05) is 60.2 Å². The molecule has 1 aliphatic carbocycles. The summed E-state index contributed by atoms with van der Waals surface area (Å²) in [5, 5.41) is 0. The number of rotatable bonds is 4. The average Bonchev–Trinajstić information content (AvgIpc) is 2.71. The topological polar surface area (TPSA) is 65.7 Å². The number of aryl methyl sites for hydroxylation is 1. The van der Waals surface area contributed by atoms with Crippen molar-refractivity contribution in [2.45, 2.75) is 50.9 Å². The number of H-pyrrole nitrogens is 2. The third-order valence-electron chi connectivity index (χ3n) is 5.94. The molecule has 1 aliphatic rings. The highest BCUT2D eigenvalue weighted by Crippen LogP contribution is 2.40. The number of hydrogen-bond donors (Lipinski definition) is 2. The summed E-state index contributed by atoms with van der Waals surface area (Å²) in [5.74, 6) is 0.793. The second-order valence-electron chi connectivity index (χ2n) is 7.93. The van der Waals surface area contributed by atoms with E-state index in [9.17, 15) is 9.59 Å². The van der Waals surface area contributed by atoms with Crippen LogP contribution in [-0.4, -0.2) is 9.97 Å². The maximum atomic E-state index is 12.6. The second kappa shape index (κ2) is 8.01. The summed E-state index contributed by atoms with van der Waals surface area (Å²) in [7, 11) is 0.